The second-order valence-electron chi connectivity index (χ2n) is 7.96. The first-order chi connectivity index (χ1) is 17.0. The number of pyridine rings is 1. The third-order valence-corrected chi connectivity index (χ3v) is 5.73. The van der Waals surface area contributed by atoms with E-state index < -0.39 is 24.6 Å². The van der Waals surface area contributed by atoms with Gasteiger partial charge in [0.25, 0.3) is 5.91 Å². The Bertz CT molecular complexity index is 1380. The highest BCUT2D eigenvalue weighted by molar-refractivity contribution is 6.07. The topological polar surface area (TPSA) is 113 Å². The summed E-state index contributed by atoms with van der Waals surface area (Å²) in [4.78, 5) is 41.4. The Morgan fingerprint density at radius 3 is 2.74 bits per heavy atom. The number of nitrogens with one attached hydrogen (secondary N) is 1. The van der Waals surface area contributed by atoms with E-state index in [1.807, 2.05) is 47.8 Å². The first kappa shape index (κ1) is 22.4. The Balaban J connectivity index is 1.45. The Labute approximate surface area is 200 Å². The van der Waals surface area contributed by atoms with E-state index in [9.17, 15) is 14.4 Å². The number of aromatic nitrogens is 1. The maximum absolute atomic E-state index is 13.1. The van der Waals surface area contributed by atoms with Crippen LogP contribution in [0.15, 0.2) is 42.5 Å². The van der Waals surface area contributed by atoms with Crippen molar-refractivity contribution in [3.63, 3.8) is 0 Å². The number of hydrogen-bond acceptors (Lipinski definition) is 8. The molecule has 2 amide bonds. The van der Waals surface area contributed by atoms with Gasteiger partial charge in [0.15, 0.2) is 18.1 Å². The number of allylic oxidation sites excluding steroid dienone is 1. The minimum Gasteiger partial charge on any atom is -0.454 e. The fraction of sp³-hybridized carbons (Fsp3) is 0.231. The third kappa shape index (κ3) is 4.52. The smallest absolute Gasteiger partial charge is 0.413 e. The van der Waals surface area contributed by atoms with E-state index in [1.165, 1.54) is 0 Å². The van der Waals surface area contributed by atoms with Crippen LogP contribution in [0.2, 0.25) is 0 Å². The molecule has 1 aliphatic carbocycles. The molecule has 0 spiro atoms. The van der Waals surface area contributed by atoms with Crippen LogP contribution in [0.25, 0.3) is 22.6 Å². The molecule has 1 aliphatic heterocycles. The van der Waals surface area contributed by atoms with Gasteiger partial charge in [0.1, 0.15) is 0 Å². The van der Waals surface area contributed by atoms with E-state index in [0.29, 0.717) is 40.8 Å². The molecule has 9 heteroatoms. The van der Waals surface area contributed by atoms with Gasteiger partial charge in [-0.1, -0.05) is 24.3 Å². The molecule has 1 N–H and O–H groups in total. The van der Waals surface area contributed by atoms with Gasteiger partial charge >= 0.3 is 12.1 Å². The number of carbonyl (C=O) groups excluding carboxylic acids is 3. The van der Waals surface area contributed by atoms with Crippen LogP contribution in [-0.2, 0) is 20.7 Å². The van der Waals surface area contributed by atoms with Crippen molar-refractivity contribution in [1.82, 2.24) is 10.3 Å². The van der Waals surface area contributed by atoms with E-state index in [1.54, 1.807) is 13.0 Å². The summed E-state index contributed by atoms with van der Waals surface area (Å²) < 4.78 is 20.8. The SMILES string of the molecule is CCOC(=O)NC(=O)COC(=O)c1c2c(nc3ccccc13)/C(=C/c1ccc3c(c1)OCO3)CC2. The van der Waals surface area contributed by atoms with Gasteiger partial charge in [-0.25, -0.2) is 14.6 Å². The normalized spacial score (nSPS) is 14.6. The van der Waals surface area contributed by atoms with Crippen molar-refractivity contribution in [2.24, 2.45) is 0 Å². The zero-order valence-electron chi connectivity index (χ0n) is 19.0. The molecule has 35 heavy (non-hydrogen) atoms. The highest BCUT2D eigenvalue weighted by Crippen LogP contribution is 2.39. The van der Waals surface area contributed by atoms with Crippen LogP contribution in [-0.4, -0.2) is 43.0 Å². The van der Waals surface area contributed by atoms with Crippen molar-refractivity contribution < 1.29 is 33.3 Å². The molecule has 3 aromatic rings. The van der Waals surface area contributed by atoms with E-state index >= 15 is 0 Å². The molecular weight excluding hydrogens is 452 g/mol. The molecule has 0 fully saturated rings. The Hall–Kier alpha value is -4.40. The number of ether oxygens (including phenoxy) is 4. The Morgan fingerprint density at radius 1 is 1.06 bits per heavy atom. The van der Waals surface area contributed by atoms with Crippen LogP contribution >= 0.6 is 0 Å². The van der Waals surface area contributed by atoms with E-state index in [2.05, 4.69) is 4.74 Å². The number of rotatable bonds is 5. The fourth-order valence-corrected chi connectivity index (χ4v) is 4.24. The number of carbonyl (C=O) groups is 3. The highest BCUT2D eigenvalue weighted by atomic mass is 16.7. The zero-order chi connectivity index (χ0) is 24.4. The number of amides is 2. The van der Waals surface area contributed by atoms with Gasteiger partial charge in [0, 0.05) is 5.39 Å². The molecule has 0 radical (unpaired) electrons. The molecule has 0 saturated heterocycles. The summed E-state index contributed by atoms with van der Waals surface area (Å²) in [6.45, 7) is 1.34. The number of imide groups is 1. The summed E-state index contributed by atoms with van der Waals surface area (Å²) in [7, 11) is 0. The summed E-state index contributed by atoms with van der Waals surface area (Å²) in [5.41, 5.74) is 4.44. The van der Waals surface area contributed by atoms with E-state index in [0.717, 1.165) is 22.4 Å². The largest absolute Gasteiger partial charge is 0.454 e. The van der Waals surface area contributed by atoms with Crippen molar-refractivity contribution in [3.05, 3.63) is 64.8 Å². The maximum atomic E-state index is 13.1. The number of fused-ring (bicyclic) bond motifs is 3. The molecule has 2 heterocycles. The summed E-state index contributed by atoms with van der Waals surface area (Å²) in [6, 6.07) is 13.0. The summed E-state index contributed by atoms with van der Waals surface area (Å²) in [5.74, 6) is -0.0205. The first-order valence-electron chi connectivity index (χ1n) is 11.2. The molecule has 178 valence electrons. The fourth-order valence-electron chi connectivity index (χ4n) is 4.24. The number of esters is 1. The van der Waals surface area contributed by atoms with Crippen molar-refractivity contribution in [2.45, 2.75) is 19.8 Å². The molecule has 1 aromatic heterocycles. The average Bonchev–Trinajstić information content (AvgIpc) is 3.48. The highest BCUT2D eigenvalue weighted by Gasteiger charge is 2.28. The lowest BCUT2D eigenvalue weighted by atomic mass is 10.0. The van der Waals surface area contributed by atoms with Crippen LogP contribution in [0.1, 0.15) is 40.5 Å². The maximum Gasteiger partial charge on any atom is 0.413 e. The lowest BCUT2D eigenvalue weighted by Crippen LogP contribution is -2.34. The standard InChI is InChI=1S/C26H22N2O7/c1-2-32-26(31)28-22(29)13-33-25(30)23-17-5-3-4-6-19(17)27-24-16(8-9-18(23)24)11-15-7-10-20-21(12-15)35-14-34-20/h3-7,10-12H,2,8-9,13-14H2,1H3,(H,28,29,31)/b16-11+. The summed E-state index contributed by atoms with van der Waals surface area (Å²) in [5, 5.41) is 2.66. The van der Waals surface area contributed by atoms with Crippen LogP contribution in [0, 0.1) is 0 Å². The van der Waals surface area contributed by atoms with E-state index in [-0.39, 0.29) is 13.4 Å². The molecule has 2 aliphatic rings. The molecule has 0 saturated carbocycles. The molecule has 9 nitrogen and oxygen atoms in total. The van der Waals surface area contributed by atoms with Crippen molar-refractivity contribution in [2.75, 3.05) is 20.0 Å². The predicted octanol–water partition coefficient (Wildman–Crippen LogP) is 3.88. The lowest BCUT2D eigenvalue weighted by Gasteiger charge is -2.12. The van der Waals surface area contributed by atoms with Crippen LogP contribution in [0.5, 0.6) is 11.5 Å². The monoisotopic (exact) mass is 474 g/mol. The van der Waals surface area contributed by atoms with Crippen LogP contribution < -0.4 is 14.8 Å². The summed E-state index contributed by atoms with van der Waals surface area (Å²) >= 11 is 0. The van der Waals surface area contributed by atoms with Crippen LogP contribution in [0.4, 0.5) is 4.79 Å². The van der Waals surface area contributed by atoms with Gasteiger partial charge in [-0.3, -0.25) is 10.1 Å². The van der Waals surface area contributed by atoms with Gasteiger partial charge in [-0.05, 0) is 60.7 Å². The second-order valence-corrected chi connectivity index (χ2v) is 7.96. The molecule has 2 aromatic carbocycles. The number of alkyl carbamates (subject to hydrolysis) is 1. The second kappa shape index (κ2) is 9.46. The lowest BCUT2D eigenvalue weighted by molar-refractivity contribution is -0.123. The van der Waals surface area contributed by atoms with Crippen molar-refractivity contribution in [1.29, 1.82) is 0 Å². The molecular formula is C26H22N2O7. The predicted molar refractivity (Wildman–Crippen MR) is 126 cm³/mol. The Kier molecular flexibility index (Phi) is 6.05. The van der Waals surface area contributed by atoms with Gasteiger partial charge in [0.2, 0.25) is 6.79 Å². The molecule has 5 rings (SSSR count). The van der Waals surface area contributed by atoms with Crippen LogP contribution in [0.3, 0.4) is 0 Å². The number of benzene rings is 2. The number of nitrogens with zero attached hydrogens (tertiary/aromatic N) is 1. The van der Waals surface area contributed by atoms with Gasteiger partial charge in [0.05, 0.1) is 23.4 Å². The minimum absolute atomic E-state index is 0.121. The van der Waals surface area contributed by atoms with Gasteiger partial charge < -0.3 is 18.9 Å². The van der Waals surface area contributed by atoms with E-state index in [4.69, 9.17) is 19.2 Å². The average molecular weight is 474 g/mol. The zero-order valence-corrected chi connectivity index (χ0v) is 19.0. The molecule has 0 atom stereocenters. The van der Waals surface area contributed by atoms with Crippen molar-refractivity contribution in [3.8, 4) is 11.5 Å². The number of hydrogen-bond donors (Lipinski definition) is 1. The van der Waals surface area contributed by atoms with Crippen molar-refractivity contribution >= 4 is 40.5 Å². The minimum atomic E-state index is -0.887. The first-order valence-corrected chi connectivity index (χ1v) is 11.2. The van der Waals surface area contributed by atoms with Gasteiger partial charge in [-0.15, -0.1) is 0 Å². The quantitative estimate of drug-likeness (QED) is 0.555. The van der Waals surface area contributed by atoms with Gasteiger partial charge in [-0.2, -0.15) is 0 Å². The third-order valence-electron chi connectivity index (χ3n) is 5.73. The molecule has 0 bridgehead atoms. The molecule has 0 unspecified atom stereocenters. The Morgan fingerprint density at radius 2 is 1.89 bits per heavy atom. The number of para-hydroxylation sites is 1. The summed E-state index contributed by atoms with van der Waals surface area (Å²) in [6.07, 6.45) is 2.43.